The van der Waals surface area contributed by atoms with Gasteiger partial charge in [0.15, 0.2) is 17.5 Å². The van der Waals surface area contributed by atoms with Crippen molar-refractivity contribution in [1.82, 2.24) is 15.0 Å². The zero-order chi connectivity index (χ0) is 34.6. The van der Waals surface area contributed by atoms with Gasteiger partial charge < -0.3 is 0 Å². The van der Waals surface area contributed by atoms with E-state index in [9.17, 15) is 5.26 Å². The summed E-state index contributed by atoms with van der Waals surface area (Å²) in [7, 11) is 0. The smallest absolute Gasteiger partial charge is 0.164 e. The molecule has 8 aromatic rings. The van der Waals surface area contributed by atoms with Crippen molar-refractivity contribution in [2.45, 2.75) is 15.2 Å². The molecule has 1 spiro atoms. The minimum Gasteiger partial charge on any atom is -0.208 e. The van der Waals surface area contributed by atoms with E-state index in [4.69, 9.17) is 15.0 Å². The number of benzene rings is 7. The Bertz CT molecular complexity index is 2630. The molecule has 0 amide bonds. The highest BCUT2D eigenvalue weighted by atomic mass is 32.2. The van der Waals surface area contributed by atoms with E-state index in [0.717, 1.165) is 38.9 Å². The molecule has 7 aromatic carbocycles. The predicted molar refractivity (Wildman–Crippen MR) is 208 cm³/mol. The first-order valence-electron chi connectivity index (χ1n) is 17.2. The molecule has 0 atom stereocenters. The van der Waals surface area contributed by atoms with Gasteiger partial charge in [-0.1, -0.05) is 145 Å². The van der Waals surface area contributed by atoms with Gasteiger partial charge in [0.1, 0.15) is 0 Å². The number of nitriles is 1. The second kappa shape index (κ2) is 12.0. The minimum absolute atomic E-state index is 0.516. The van der Waals surface area contributed by atoms with Gasteiger partial charge >= 0.3 is 0 Å². The van der Waals surface area contributed by atoms with E-state index in [0.29, 0.717) is 23.0 Å². The van der Waals surface area contributed by atoms with Crippen molar-refractivity contribution in [2.24, 2.45) is 0 Å². The Morgan fingerprint density at radius 2 is 0.865 bits per heavy atom. The largest absolute Gasteiger partial charge is 0.208 e. The molecular weight excluding hydrogens is 653 g/mol. The molecule has 0 fully saturated rings. The van der Waals surface area contributed by atoms with Gasteiger partial charge in [-0.25, -0.2) is 15.0 Å². The Morgan fingerprint density at radius 3 is 1.44 bits per heavy atom. The molecule has 0 radical (unpaired) electrons. The molecule has 5 heteroatoms. The minimum atomic E-state index is -0.516. The van der Waals surface area contributed by atoms with Crippen molar-refractivity contribution in [3.8, 4) is 62.5 Å². The average molecular weight is 681 g/mol. The maximum Gasteiger partial charge on any atom is 0.164 e. The van der Waals surface area contributed by atoms with Gasteiger partial charge in [-0.15, -0.1) is 0 Å². The molecule has 4 nitrogen and oxygen atoms in total. The lowest BCUT2D eigenvalue weighted by Crippen LogP contribution is -2.31. The predicted octanol–water partition coefficient (Wildman–Crippen LogP) is 11.2. The van der Waals surface area contributed by atoms with Crippen LogP contribution in [-0.4, -0.2) is 15.0 Å². The Morgan fingerprint density at radius 1 is 0.404 bits per heavy atom. The maximum atomic E-state index is 9.70. The summed E-state index contributed by atoms with van der Waals surface area (Å²) < 4.78 is 0. The number of aromatic nitrogens is 3. The van der Waals surface area contributed by atoms with E-state index in [-0.39, 0.29) is 0 Å². The second-order valence-corrected chi connectivity index (χ2v) is 14.2. The van der Waals surface area contributed by atoms with E-state index in [2.05, 4.69) is 97.1 Å². The van der Waals surface area contributed by atoms with Crippen molar-refractivity contribution in [2.75, 3.05) is 0 Å². The average Bonchev–Trinajstić information content (AvgIpc) is 3.50. The maximum absolute atomic E-state index is 9.70. The molecule has 242 valence electrons. The number of rotatable bonds is 4. The lowest BCUT2D eigenvalue weighted by molar-refractivity contribution is 0.722. The van der Waals surface area contributed by atoms with Crippen LogP contribution < -0.4 is 0 Å². The Hall–Kier alpha value is -6.61. The highest BCUT2D eigenvalue weighted by molar-refractivity contribution is 7.99. The standard InChI is InChI=1S/C47H28N4S/c48-29-30-12-11-17-33(26-30)34-22-24-38-36(27-34)37-28-35(46-50-44(31-13-3-1-4-14-31)49-45(51-46)32-15-5-2-6-16-32)23-25-39(37)47(38)40-18-7-9-20-42(40)52-43-21-10-8-19-41(43)47/h1-28H. The number of nitrogens with zero attached hydrogens (tertiary/aromatic N) is 4. The van der Waals surface area contributed by atoms with Gasteiger partial charge in [-0.3, -0.25) is 0 Å². The summed E-state index contributed by atoms with van der Waals surface area (Å²) in [5.74, 6) is 1.89. The number of hydrogen-bond acceptors (Lipinski definition) is 5. The third-order valence-corrected chi connectivity index (χ3v) is 11.4. The second-order valence-electron chi connectivity index (χ2n) is 13.1. The van der Waals surface area contributed by atoms with Gasteiger partial charge in [0, 0.05) is 26.5 Å². The van der Waals surface area contributed by atoms with Crippen molar-refractivity contribution >= 4 is 11.8 Å². The lowest BCUT2D eigenvalue weighted by atomic mass is 9.67. The molecule has 0 N–H and O–H groups in total. The molecule has 0 unspecified atom stereocenters. The van der Waals surface area contributed by atoms with Crippen LogP contribution in [0, 0.1) is 11.3 Å². The molecule has 1 aromatic heterocycles. The van der Waals surface area contributed by atoms with Crippen LogP contribution in [0.2, 0.25) is 0 Å². The van der Waals surface area contributed by atoms with Crippen LogP contribution in [0.1, 0.15) is 27.8 Å². The van der Waals surface area contributed by atoms with E-state index in [1.165, 1.54) is 32.0 Å². The molecule has 0 bridgehead atoms. The van der Waals surface area contributed by atoms with E-state index in [1.54, 1.807) is 0 Å². The summed E-state index contributed by atoms with van der Waals surface area (Å²) in [6.45, 7) is 0. The Balaban J connectivity index is 1.25. The fourth-order valence-electron chi connectivity index (χ4n) is 7.93. The molecule has 1 aliphatic heterocycles. The lowest BCUT2D eigenvalue weighted by Gasteiger charge is -2.39. The zero-order valence-electron chi connectivity index (χ0n) is 27.9. The van der Waals surface area contributed by atoms with Gasteiger partial charge in [0.05, 0.1) is 17.0 Å². The fourth-order valence-corrected chi connectivity index (χ4v) is 9.13. The molecule has 0 saturated carbocycles. The normalized spacial score (nSPS) is 13.1. The van der Waals surface area contributed by atoms with E-state index in [1.807, 2.05) is 90.6 Å². The van der Waals surface area contributed by atoms with Crippen LogP contribution in [0.15, 0.2) is 180 Å². The summed E-state index contributed by atoms with van der Waals surface area (Å²) in [5, 5.41) is 9.70. The van der Waals surface area contributed by atoms with Gasteiger partial charge in [0.25, 0.3) is 0 Å². The van der Waals surface area contributed by atoms with Crippen molar-refractivity contribution in [1.29, 1.82) is 5.26 Å². The van der Waals surface area contributed by atoms with Gasteiger partial charge in [-0.05, 0) is 80.9 Å². The summed E-state index contributed by atoms with van der Waals surface area (Å²) >= 11 is 1.84. The third-order valence-electron chi connectivity index (χ3n) is 10.2. The molecular formula is C47H28N4S. The molecule has 52 heavy (non-hydrogen) atoms. The van der Waals surface area contributed by atoms with E-state index < -0.39 is 5.41 Å². The van der Waals surface area contributed by atoms with Crippen LogP contribution in [0.5, 0.6) is 0 Å². The van der Waals surface area contributed by atoms with Gasteiger partial charge in [0.2, 0.25) is 0 Å². The molecule has 10 rings (SSSR count). The Labute approximate surface area is 306 Å². The van der Waals surface area contributed by atoms with Crippen LogP contribution in [0.4, 0.5) is 0 Å². The van der Waals surface area contributed by atoms with Crippen LogP contribution in [0.25, 0.3) is 56.4 Å². The molecule has 2 aliphatic rings. The summed E-state index contributed by atoms with van der Waals surface area (Å²) in [6.07, 6.45) is 0. The third kappa shape index (κ3) is 4.66. The van der Waals surface area contributed by atoms with Crippen molar-refractivity contribution < 1.29 is 0 Å². The van der Waals surface area contributed by atoms with Crippen LogP contribution in [0.3, 0.4) is 0 Å². The summed E-state index contributed by atoms with van der Waals surface area (Å²) in [6, 6.07) is 61.5. The molecule has 2 heterocycles. The Kier molecular flexibility index (Phi) is 6.99. The highest BCUT2D eigenvalue weighted by Gasteiger charge is 2.50. The first kappa shape index (κ1) is 30.2. The van der Waals surface area contributed by atoms with Crippen LogP contribution in [-0.2, 0) is 5.41 Å². The van der Waals surface area contributed by atoms with Crippen LogP contribution >= 0.6 is 11.8 Å². The van der Waals surface area contributed by atoms with Gasteiger partial charge in [-0.2, -0.15) is 5.26 Å². The fraction of sp³-hybridized carbons (Fsp3) is 0.0213. The first-order valence-corrected chi connectivity index (χ1v) is 18.1. The molecule has 1 aliphatic carbocycles. The summed E-state index contributed by atoms with van der Waals surface area (Å²) in [4.78, 5) is 17.6. The summed E-state index contributed by atoms with van der Waals surface area (Å²) in [5.41, 5.74) is 12.3. The zero-order valence-corrected chi connectivity index (χ0v) is 28.7. The quantitative estimate of drug-likeness (QED) is 0.185. The van der Waals surface area contributed by atoms with E-state index >= 15 is 0 Å². The highest BCUT2D eigenvalue weighted by Crippen LogP contribution is 2.62. The van der Waals surface area contributed by atoms with Crippen molar-refractivity contribution in [3.05, 3.63) is 198 Å². The first-order chi connectivity index (χ1) is 25.7. The monoisotopic (exact) mass is 680 g/mol. The number of hydrogen-bond donors (Lipinski definition) is 0. The SMILES string of the molecule is N#Cc1cccc(-c2ccc3c(c2)-c2cc(-c4nc(-c5ccccc5)nc(-c5ccccc5)n4)ccc2C32c3ccccc3Sc3ccccc32)c1. The number of fused-ring (bicyclic) bond motifs is 9. The van der Waals surface area contributed by atoms with Crippen molar-refractivity contribution in [3.63, 3.8) is 0 Å². The topological polar surface area (TPSA) is 62.5 Å². The molecule has 0 saturated heterocycles.